The number of carboxylic acids is 1. The minimum atomic E-state index is -0.946. The molecule has 0 unspecified atom stereocenters. The molecule has 0 saturated carbocycles. The van der Waals surface area contributed by atoms with Crippen LogP contribution in [-0.2, 0) is 0 Å². The van der Waals surface area contributed by atoms with Gasteiger partial charge in [0.05, 0.1) is 12.2 Å². The molecule has 2 rings (SSSR count). The highest BCUT2D eigenvalue weighted by molar-refractivity contribution is 7.99. The van der Waals surface area contributed by atoms with E-state index in [9.17, 15) is 4.79 Å². The van der Waals surface area contributed by atoms with E-state index < -0.39 is 5.97 Å². The van der Waals surface area contributed by atoms with Crippen LogP contribution < -0.4 is 10.6 Å². The molecule has 1 aromatic carbocycles. The van der Waals surface area contributed by atoms with Gasteiger partial charge in [0.1, 0.15) is 12.1 Å². The lowest BCUT2D eigenvalue weighted by Crippen LogP contribution is -2.08. The maximum Gasteiger partial charge on any atom is 0.335 e. The smallest absolute Gasteiger partial charge is 0.335 e. The summed E-state index contributed by atoms with van der Waals surface area (Å²) in [7, 11) is 0. The average molecular weight is 294 g/mol. The van der Waals surface area contributed by atoms with E-state index in [1.54, 1.807) is 12.1 Å². The minimum Gasteiger partial charge on any atom is -0.494 e. The van der Waals surface area contributed by atoms with Gasteiger partial charge in [0.2, 0.25) is 5.16 Å². The lowest BCUT2D eigenvalue weighted by atomic mass is 10.2. The Morgan fingerprint density at radius 2 is 2.15 bits per heavy atom. The third-order valence-electron chi connectivity index (χ3n) is 2.43. The topological polar surface area (TPSA) is 103 Å². The van der Waals surface area contributed by atoms with Gasteiger partial charge in [-0.15, -0.1) is 10.2 Å². The summed E-state index contributed by atoms with van der Waals surface area (Å²) in [6.45, 7) is 0.540. The largest absolute Gasteiger partial charge is 0.494 e. The SMILES string of the molecule is Nn1cnnc1SCCCOc1ccc(C(=O)O)cc1. The first-order valence-electron chi connectivity index (χ1n) is 5.91. The van der Waals surface area contributed by atoms with E-state index in [2.05, 4.69) is 10.2 Å². The zero-order valence-electron chi connectivity index (χ0n) is 10.6. The third kappa shape index (κ3) is 3.89. The molecule has 0 bridgehead atoms. The Balaban J connectivity index is 1.68. The molecule has 0 atom stereocenters. The average Bonchev–Trinajstić information content (AvgIpc) is 2.84. The summed E-state index contributed by atoms with van der Waals surface area (Å²) < 4.78 is 6.88. The number of aromatic nitrogens is 3. The van der Waals surface area contributed by atoms with E-state index in [4.69, 9.17) is 15.7 Å². The number of thioether (sulfide) groups is 1. The fourth-order valence-electron chi connectivity index (χ4n) is 1.44. The molecule has 0 spiro atoms. The third-order valence-corrected chi connectivity index (χ3v) is 3.47. The van der Waals surface area contributed by atoms with Crippen LogP contribution in [0.1, 0.15) is 16.8 Å². The van der Waals surface area contributed by atoms with Crippen molar-refractivity contribution in [2.45, 2.75) is 11.6 Å². The van der Waals surface area contributed by atoms with Crippen molar-refractivity contribution in [3.8, 4) is 5.75 Å². The molecular weight excluding hydrogens is 280 g/mol. The van der Waals surface area contributed by atoms with E-state index in [0.717, 1.165) is 12.2 Å². The summed E-state index contributed by atoms with van der Waals surface area (Å²) in [4.78, 5) is 10.7. The van der Waals surface area contributed by atoms with Gasteiger partial charge in [-0.05, 0) is 30.7 Å². The number of carboxylic acid groups (broad SMARTS) is 1. The van der Waals surface area contributed by atoms with Crippen LogP contribution in [-0.4, -0.2) is 38.3 Å². The molecule has 0 saturated heterocycles. The highest BCUT2D eigenvalue weighted by Crippen LogP contribution is 2.15. The summed E-state index contributed by atoms with van der Waals surface area (Å²) in [5.74, 6) is 6.09. The maximum atomic E-state index is 10.7. The Kier molecular flexibility index (Phi) is 4.83. The minimum absolute atomic E-state index is 0.246. The maximum absolute atomic E-state index is 10.7. The Morgan fingerprint density at radius 1 is 1.40 bits per heavy atom. The fraction of sp³-hybridized carbons (Fsp3) is 0.250. The highest BCUT2D eigenvalue weighted by atomic mass is 32.2. The summed E-state index contributed by atoms with van der Waals surface area (Å²) in [6.07, 6.45) is 2.26. The van der Waals surface area contributed by atoms with Gasteiger partial charge >= 0.3 is 5.97 Å². The zero-order chi connectivity index (χ0) is 14.4. The molecule has 0 aliphatic heterocycles. The molecule has 8 heteroatoms. The second-order valence-electron chi connectivity index (χ2n) is 3.90. The van der Waals surface area contributed by atoms with Gasteiger partial charge in [0, 0.05) is 5.75 Å². The number of rotatable bonds is 7. The van der Waals surface area contributed by atoms with Crippen LogP contribution in [0.15, 0.2) is 35.7 Å². The Morgan fingerprint density at radius 3 is 2.75 bits per heavy atom. The summed E-state index contributed by atoms with van der Waals surface area (Å²) in [5, 5.41) is 17.0. The quantitative estimate of drug-likeness (QED) is 0.450. The van der Waals surface area contributed by atoms with Crippen molar-refractivity contribution in [3.05, 3.63) is 36.2 Å². The van der Waals surface area contributed by atoms with Crippen molar-refractivity contribution in [1.82, 2.24) is 14.9 Å². The van der Waals surface area contributed by atoms with Gasteiger partial charge in [-0.25, -0.2) is 9.47 Å². The van der Waals surface area contributed by atoms with Crippen molar-refractivity contribution >= 4 is 17.7 Å². The van der Waals surface area contributed by atoms with Gasteiger partial charge in [0.15, 0.2) is 0 Å². The predicted octanol–water partition coefficient (Wildman–Crippen LogP) is 1.25. The Labute approximate surface area is 119 Å². The molecule has 0 amide bonds. The van der Waals surface area contributed by atoms with E-state index in [1.807, 2.05) is 0 Å². The van der Waals surface area contributed by atoms with E-state index in [-0.39, 0.29) is 5.56 Å². The fourth-order valence-corrected chi connectivity index (χ4v) is 2.19. The lowest BCUT2D eigenvalue weighted by Gasteiger charge is -2.06. The molecule has 20 heavy (non-hydrogen) atoms. The first-order chi connectivity index (χ1) is 9.66. The molecule has 1 heterocycles. The summed E-state index contributed by atoms with van der Waals surface area (Å²) in [5.41, 5.74) is 0.246. The summed E-state index contributed by atoms with van der Waals surface area (Å²) >= 11 is 1.50. The molecule has 106 valence electrons. The molecule has 2 aromatic rings. The number of nitrogen functional groups attached to an aromatic ring is 1. The van der Waals surface area contributed by atoms with Gasteiger partial charge in [-0.3, -0.25) is 0 Å². The number of benzene rings is 1. The second-order valence-corrected chi connectivity index (χ2v) is 4.96. The zero-order valence-corrected chi connectivity index (χ0v) is 11.4. The Hall–Kier alpha value is -2.22. The van der Waals surface area contributed by atoms with Crippen molar-refractivity contribution in [2.24, 2.45) is 0 Å². The molecule has 0 aliphatic rings. The molecule has 1 aromatic heterocycles. The van der Waals surface area contributed by atoms with Crippen LogP contribution in [0.2, 0.25) is 0 Å². The first-order valence-corrected chi connectivity index (χ1v) is 6.89. The molecular formula is C12H14N4O3S. The van der Waals surface area contributed by atoms with Crippen molar-refractivity contribution in [2.75, 3.05) is 18.2 Å². The number of nitrogens with zero attached hydrogens (tertiary/aromatic N) is 3. The predicted molar refractivity (Wildman–Crippen MR) is 74.4 cm³/mol. The van der Waals surface area contributed by atoms with E-state index >= 15 is 0 Å². The van der Waals surface area contributed by atoms with E-state index in [0.29, 0.717) is 17.5 Å². The molecule has 0 radical (unpaired) electrons. The van der Waals surface area contributed by atoms with Crippen molar-refractivity contribution in [1.29, 1.82) is 0 Å². The normalized spacial score (nSPS) is 10.4. The number of aromatic carboxylic acids is 1. The van der Waals surface area contributed by atoms with Gasteiger partial charge in [0.25, 0.3) is 0 Å². The van der Waals surface area contributed by atoms with Crippen LogP contribution in [0, 0.1) is 0 Å². The first kappa shape index (κ1) is 14.2. The standard InChI is InChI=1S/C12H14N4O3S/c13-16-8-14-15-12(16)20-7-1-6-19-10-4-2-9(3-5-10)11(17)18/h2-5,8H,1,6-7,13H2,(H,17,18). The number of hydrogen-bond donors (Lipinski definition) is 2. The summed E-state index contributed by atoms with van der Waals surface area (Å²) in [6, 6.07) is 6.33. The van der Waals surface area contributed by atoms with Crippen molar-refractivity contribution < 1.29 is 14.6 Å². The molecule has 0 aliphatic carbocycles. The monoisotopic (exact) mass is 294 g/mol. The number of hydrogen-bond acceptors (Lipinski definition) is 6. The van der Waals surface area contributed by atoms with Crippen LogP contribution in [0.4, 0.5) is 0 Å². The molecule has 0 fully saturated rings. The molecule has 3 N–H and O–H groups in total. The Bertz CT molecular complexity index is 570. The van der Waals surface area contributed by atoms with Gasteiger partial charge in [-0.2, -0.15) is 0 Å². The number of carbonyl (C=O) groups is 1. The molecule has 7 nitrogen and oxygen atoms in total. The van der Waals surface area contributed by atoms with E-state index in [1.165, 1.54) is 34.9 Å². The van der Waals surface area contributed by atoms with Crippen LogP contribution in [0.5, 0.6) is 5.75 Å². The lowest BCUT2D eigenvalue weighted by molar-refractivity contribution is 0.0697. The van der Waals surface area contributed by atoms with Crippen molar-refractivity contribution in [3.63, 3.8) is 0 Å². The van der Waals surface area contributed by atoms with Crippen LogP contribution in [0.3, 0.4) is 0 Å². The van der Waals surface area contributed by atoms with Crippen LogP contribution >= 0.6 is 11.8 Å². The number of ether oxygens (including phenoxy) is 1. The van der Waals surface area contributed by atoms with Crippen LogP contribution in [0.25, 0.3) is 0 Å². The van der Waals surface area contributed by atoms with Gasteiger partial charge < -0.3 is 15.7 Å². The number of nitrogens with two attached hydrogens (primary N) is 1. The second kappa shape index (κ2) is 6.80. The highest BCUT2D eigenvalue weighted by Gasteiger charge is 2.03. The van der Waals surface area contributed by atoms with Gasteiger partial charge in [-0.1, -0.05) is 11.8 Å².